The molecule has 0 unspecified atom stereocenters. The number of hydrazine groups is 1. The second kappa shape index (κ2) is 5.29. The Bertz CT molecular complexity index is 649. The summed E-state index contributed by atoms with van der Waals surface area (Å²) in [5.41, 5.74) is 6.77. The molecule has 3 nitrogen and oxygen atoms in total. The highest BCUT2D eigenvalue weighted by Gasteiger charge is 2.18. The molecule has 0 spiro atoms. The van der Waals surface area contributed by atoms with Crippen molar-refractivity contribution in [2.45, 2.75) is 20.3 Å². The van der Waals surface area contributed by atoms with Gasteiger partial charge < -0.3 is 4.74 Å². The van der Waals surface area contributed by atoms with Crippen LogP contribution in [0.15, 0.2) is 60.5 Å². The van der Waals surface area contributed by atoms with Crippen molar-refractivity contribution in [3.63, 3.8) is 0 Å². The zero-order valence-electron chi connectivity index (χ0n) is 11.8. The number of ether oxygens (including phenoxy) is 1. The number of hydrogen-bond acceptors (Lipinski definition) is 3. The number of benzene rings is 2. The predicted molar refractivity (Wildman–Crippen MR) is 82.7 cm³/mol. The van der Waals surface area contributed by atoms with E-state index >= 15 is 0 Å². The van der Waals surface area contributed by atoms with Gasteiger partial charge in [-0.3, -0.25) is 10.4 Å². The summed E-state index contributed by atoms with van der Waals surface area (Å²) in [5.74, 6) is 1.83. The zero-order chi connectivity index (χ0) is 13.9. The van der Waals surface area contributed by atoms with E-state index in [4.69, 9.17) is 4.74 Å². The van der Waals surface area contributed by atoms with E-state index in [1.807, 2.05) is 47.6 Å². The van der Waals surface area contributed by atoms with Gasteiger partial charge in [0.05, 0.1) is 11.9 Å². The fourth-order valence-corrected chi connectivity index (χ4v) is 2.21. The number of rotatable bonds is 3. The maximum atomic E-state index is 5.86. The van der Waals surface area contributed by atoms with Crippen LogP contribution in [0.1, 0.15) is 18.9 Å². The first-order chi connectivity index (χ1) is 9.78. The number of allylic oxidation sites excluding steroid dienone is 1. The molecule has 3 heteroatoms. The Kier molecular flexibility index (Phi) is 3.33. The summed E-state index contributed by atoms with van der Waals surface area (Å²) >= 11 is 0. The van der Waals surface area contributed by atoms with Gasteiger partial charge in [0.1, 0.15) is 11.4 Å². The molecule has 0 radical (unpaired) electrons. The molecule has 0 saturated carbocycles. The Morgan fingerprint density at radius 1 is 1.05 bits per heavy atom. The van der Waals surface area contributed by atoms with E-state index in [0.29, 0.717) is 0 Å². The molecule has 0 saturated heterocycles. The molecule has 0 bridgehead atoms. The van der Waals surface area contributed by atoms with Gasteiger partial charge >= 0.3 is 0 Å². The Hall–Kier alpha value is -2.42. The van der Waals surface area contributed by atoms with Crippen LogP contribution in [0.2, 0.25) is 0 Å². The number of para-hydroxylation sites is 3. The highest BCUT2D eigenvalue weighted by molar-refractivity contribution is 5.67. The van der Waals surface area contributed by atoms with E-state index in [1.54, 1.807) is 0 Å². The number of aryl methyl sites for hydroxylation is 1. The highest BCUT2D eigenvalue weighted by Crippen LogP contribution is 2.34. The minimum absolute atomic E-state index is 0.861. The Morgan fingerprint density at radius 3 is 2.60 bits per heavy atom. The first kappa shape index (κ1) is 12.6. The third kappa shape index (κ3) is 2.35. The van der Waals surface area contributed by atoms with Crippen molar-refractivity contribution in [3.8, 4) is 5.75 Å². The van der Waals surface area contributed by atoms with Gasteiger partial charge in [-0.25, -0.2) is 0 Å². The van der Waals surface area contributed by atoms with Crippen molar-refractivity contribution >= 4 is 11.4 Å². The van der Waals surface area contributed by atoms with Crippen molar-refractivity contribution in [3.05, 3.63) is 66.1 Å². The topological polar surface area (TPSA) is 24.5 Å². The van der Waals surface area contributed by atoms with Gasteiger partial charge in [-0.2, -0.15) is 0 Å². The van der Waals surface area contributed by atoms with E-state index in [1.165, 1.54) is 5.56 Å². The largest absolute Gasteiger partial charge is 0.458 e. The normalized spacial score (nSPS) is 13.3. The summed E-state index contributed by atoms with van der Waals surface area (Å²) in [4.78, 5) is 0. The van der Waals surface area contributed by atoms with Crippen LogP contribution >= 0.6 is 0 Å². The van der Waals surface area contributed by atoms with Crippen LogP contribution in [0, 0.1) is 6.92 Å². The lowest BCUT2D eigenvalue weighted by atomic mass is 10.2. The summed E-state index contributed by atoms with van der Waals surface area (Å²) in [7, 11) is 0. The minimum Gasteiger partial charge on any atom is -0.458 e. The minimum atomic E-state index is 0.861. The molecule has 0 aromatic heterocycles. The molecule has 0 amide bonds. The molecule has 2 aromatic carbocycles. The molecule has 0 atom stereocenters. The molecular weight excluding hydrogens is 248 g/mol. The molecule has 102 valence electrons. The van der Waals surface area contributed by atoms with E-state index in [9.17, 15) is 0 Å². The molecule has 0 aliphatic carbocycles. The van der Waals surface area contributed by atoms with Gasteiger partial charge in [-0.05, 0) is 30.7 Å². The molecular formula is C17H18N2O. The first-order valence-electron chi connectivity index (χ1n) is 6.87. The summed E-state index contributed by atoms with van der Waals surface area (Å²) in [5, 5.41) is 2.03. The fraction of sp³-hybridized carbons (Fsp3) is 0.176. The molecule has 3 rings (SSSR count). The van der Waals surface area contributed by atoms with Crippen molar-refractivity contribution in [2.75, 3.05) is 10.4 Å². The molecule has 1 aliphatic rings. The first-order valence-corrected chi connectivity index (χ1v) is 6.87. The monoisotopic (exact) mass is 266 g/mol. The van der Waals surface area contributed by atoms with E-state index in [0.717, 1.165) is 29.3 Å². The number of nitrogens with one attached hydrogen (secondary N) is 1. The maximum absolute atomic E-state index is 5.86. The number of anilines is 2. The molecule has 1 heterocycles. The quantitative estimate of drug-likeness (QED) is 0.887. The van der Waals surface area contributed by atoms with Crippen LogP contribution in [0.5, 0.6) is 5.75 Å². The molecule has 20 heavy (non-hydrogen) atoms. The smallest absolute Gasteiger partial charge is 0.152 e. The molecule has 2 aromatic rings. The van der Waals surface area contributed by atoms with Gasteiger partial charge in [0.15, 0.2) is 5.75 Å². The van der Waals surface area contributed by atoms with Crippen molar-refractivity contribution in [1.29, 1.82) is 0 Å². The van der Waals surface area contributed by atoms with Crippen molar-refractivity contribution in [1.82, 2.24) is 0 Å². The molecule has 0 fully saturated rings. The third-order valence-corrected chi connectivity index (χ3v) is 3.37. The second-order valence-electron chi connectivity index (χ2n) is 4.82. The summed E-state index contributed by atoms with van der Waals surface area (Å²) in [6.45, 7) is 4.19. The van der Waals surface area contributed by atoms with Crippen LogP contribution < -0.4 is 15.2 Å². The molecule has 1 N–H and O–H groups in total. The maximum Gasteiger partial charge on any atom is 0.152 e. The lowest BCUT2D eigenvalue weighted by molar-refractivity contribution is 0.400. The van der Waals surface area contributed by atoms with Crippen LogP contribution in [-0.2, 0) is 0 Å². The summed E-state index contributed by atoms with van der Waals surface area (Å²) in [6, 6.07) is 16.3. The SMILES string of the molecule is CCC1=CN(Nc2ccccc2C)c2ccccc2O1. The van der Waals surface area contributed by atoms with Gasteiger partial charge in [0, 0.05) is 6.42 Å². The lowest BCUT2D eigenvalue weighted by Crippen LogP contribution is -2.28. The highest BCUT2D eigenvalue weighted by atomic mass is 16.5. The number of nitrogens with zero attached hydrogens (tertiary/aromatic N) is 1. The second-order valence-corrected chi connectivity index (χ2v) is 4.82. The fourth-order valence-electron chi connectivity index (χ4n) is 2.21. The van der Waals surface area contributed by atoms with Gasteiger partial charge in [0.25, 0.3) is 0 Å². The number of hydrogen-bond donors (Lipinski definition) is 1. The zero-order valence-corrected chi connectivity index (χ0v) is 11.8. The van der Waals surface area contributed by atoms with E-state index in [-0.39, 0.29) is 0 Å². The van der Waals surface area contributed by atoms with E-state index < -0.39 is 0 Å². The lowest BCUT2D eigenvalue weighted by Gasteiger charge is -2.30. The third-order valence-electron chi connectivity index (χ3n) is 3.37. The van der Waals surface area contributed by atoms with Crippen molar-refractivity contribution in [2.24, 2.45) is 0 Å². The number of fused-ring (bicyclic) bond motifs is 1. The average Bonchev–Trinajstić information content (AvgIpc) is 2.49. The Morgan fingerprint density at radius 2 is 1.80 bits per heavy atom. The van der Waals surface area contributed by atoms with Gasteiger partial charge in [0.2, 0.25) is 0 Å². The Labute approximate surface area is 119 Å². The molecule has 1 aliphatic heterocycles. The van der Waals surface area contributed by atoms with Crippen LogP contribution in [0.3, 0.4) is 0 Å². The van der Waals surface area contributed by atoms with Crippen LogP contribution in [0.25, 0.3) is 0 Å². The van der Waals surface area contributed by atoms with Crippen LogP contribution in [-0.4, -0.2) is 0 Å². The van der Waals surface area contributed by atoms with Gasteiger partial charge in [-0.15, -0.1) is 0 Å². The summed E-state index contributed by atoms with van der Waals surface area (Å²) < 4.78 is 5.86. The average molecular weight is 266 g/mol. The summed E-state index contributed by atoms with van der Waals surface area (Å²) in [6.07, 6.45) is 2.87. The van der Waals surface area contributed by atoms with Crippen LogP contribution in [0.4, 0.5) is 11.4 Å². The van der Waals surface area contributed by atoms with E-state index in [2.05, 4.69) is 31.4 Å². The predicted octanol–water partition coefficient (Wildman–Crippen LogP) is 4.47. The Balaban J connectivity index is 1.96. The standard InChI is InChI=1S/C17H18N2O/c1-3-14-12-19(16-10-6-7-11-17(16)20-14)18-15-9-5-4-8-13(15)2/h4-12,18H,3H2,1-2H3. The van der Waals surface area contributed by atoms with Gasteiger partial charge in [-0.1, -0.05) is 37.3 Å². The van der Waals surface area contributed by atoms with Crippen molar-refractivity contribution < 1.29 is 4.74 Å².